The van der Waals surface area contributed by atoms with Crippen LogP contribution in [0.1, 0.15) is 33.3 Å². The van der Waals surface area contributed by atoms with Crippen LogP contribution >= 0.6 is 0 Å². The SMILES string of the molecule is CC(C)NC(C)(C#N)CN1c2ccccc2CC1C. The van der Waals surface area contributed by atoms with E-state index in [1.807, 2.05) is 6.92 Å². The zero-order valence-corrected chi connectivity index (χ0v) is 12.3. The highest BCUT2D eigenvalue weighted by Crippen LogP contribution is 2.32. The summed E-state index contributed by atoms with van der Waals surface area (Å²) in [6.45, 7) is 9.10. The molecule has 1 heterocycles. The highest BCUT2D eigenvalue weighted by atomic mass is 15.2. The van der Waals surface area contributed by atoms with Gasteiger partial charge in [0.1, 0.15) is 5.54 Å². The lowest BCUT2D eigenvalue weighted by molar-refractivity contribution is 0.396. The van der Waals surface area contributed by atoms with E-state index in [-0.39, 0.29) is 0 Å². The van der Waals surface area contributed by atoms with Gasteiger partial charge >= 0.3 is 0 Å². The molecule has 0 spiro atoms. The van der Waals surface area contributed by atoms with Crippen LogP contribution < -0.4 is 10.2 Å². The Balaban J connectivity index is 2.21. The van der Waals surface area contributed by atoms with E-state index in [0.717, 1.165) is 13.0 Å². The van der Waals surface area contributed by atoms with Crippen molar-refractivity contribution in [1.29, 1.82) is 5.26 Å². The summed E-state index contributed by atoms with van der Waals surface area (Å²) in [5.74, 6) is 0. The van der Waals surface area contributed by atoms with Crippen LogP contribution in [0, 0.1) is 11.3 Å². The fourth-order valence-corrected chi connectivity index (χ4v) is 2.96. The standard InChI is InChI=1S/C16H23N3/c1-12(2)18-16(4,10-17)11-19-13(3)9-14-7-5-6-8-15(14)19/h5-8,12-13,18H,9,11H2,1-4H3. The molecule has 3 nitrogen and oxygen atoms in total. The van der Waals surface area contributed by atoms with Gasteiger partial charge in [-0.3, -0.25) is 5.32 Å². The van der Waals surface area contributed by atoms with Gasteiger partial charge in [0.15, 0.2) is 0 Å². The Labute approximate surface area is 116 Å². The molecule has 1 aliphatic rings. The molecule has 19 heavy (non-hydrogen) atoms. The van der Waals surface area contributed by atoms with E-state index in [9.17, 15) is 5.26 Å². The summed E-state index contributed by atoms with van der Waals surface area (Å²) in [6.07, 6.45) is 1.07. The first-order chi connectivity index (χ1) is 8.95. The van der Waals surface area contributed by atoms with Gasteiger partial charge in [-0.05, 0) is 45.7 Å². The van der Waals surface area contributed by atoms with Crippen LogP contribution in [0.5, 0.6) is 0 Å². The predicted molar refractivity (Wildman–Crippen MR) is 79.2 cm³/mol. The average molecular weight is 257 g/mol. The number of fused-ring (bicyclic) bond motifs is 1. The van der Waals surface area contributed by atoms with Crippen molar-refractivity contribution in [3.63, 3.8) is 0 Å². The second-order valence-electron chi connectivity index (χ2n) is 6.05. The summed E-state index contributed by atoms with van der Waals surface area (Å²) < 4.78 is 0. The van der Waals surface area contributed by atoms with Crippen LogP contribution in [-0.2, 0) is 6.42 Å². The Kier molecular flexibility index (Phi) is 3.82. The van der Waals surface area contributed by atoms with Gasteiger partial charge < -0.3 is 4.90 Å². The third kappa shape index (κ3) is 2.90. The number of para-hydroxylation sites is 1. The number of benzene rings is 1. The average Bonchev–Trinajstić information content (AvgIpc) is 2.65. The third-order valence-electron chi connectivity index (χ3n) is 3.69. The second kappa shape index (κ2) is 5.22. The predicted octanol–water partition coefficient (Wildman–Crippen LogP) is 2.72. The fraction of sp³-hybridized carbons (Fsp3) is 0.562. The number of nitriles is 1. The minimum atomic E-state index is -0.514. The molecule has 1 aromatic carbocycles. The van der Waals surface area contributed by atoms with Gasteiger partial charge in [0, 0.05) is 24.3 Å². The van der Waals surface area contributed by atoms with Crippen molar-refractivity contribution >= 4 is 5.69 Å². The first kappa shape index (κ1) is 13.9. The molecular formula is C16H23N3. The fourth-order valence-electron chi connectivity index (χ4n) is 2.96. The molecule has 0 bridgehead atoms. The Morgan fingerprint density at radius 2 is 2.16 bits per heavy atom. The Morgan fingerprint density at radius 3 is 2.79 bits per heavy atom. The molecule has 1 N–H and O–H groups in total. The molecule has 0 aliphatic carbocycles. The molecule has 0 saturated carbocycles. The molecular weight excluding hydrogens is 234 g/mol. The van der Waals surface area contributed by atoms with Crippen molar-refractivity contribution in [2.24, 2.45) is 0 Å². The van der Waals surface area contributed by atoms with Gasteiger partial charge in [0.2, 0.25) is 0 Å². The summed E-state index contributed by atoms with van der Waals surface area (Å²) in [4.78, 5) is 2.36. The van der Waals surface area contributed by atoms with Crippen LogP contribution in [0.2, 0.25) is 0 Å². The largest absolute Gasteiger partial charge is 0.365 e. The maximum Gasteiger partial charge on any atom is 0.121 e. The number of hydrogen-bond acceptors (Lipinski definition) is 3. The quantitative estimate of drug-likeness (QED) is 0.901. The second-order valence-corrected chi connectivity index (χ2v) is 6.05. The van der Waals surface area contributed by atoms with Crippen molar-refractivity contribution in [3.05, 3.63) is 29.8 Å². The Bertz CT molecular complexity index is 489. The zero-order chi connectivity index (χ0) is 14.0. The maximum absolute atomic E-state index is 9.49. The zero-order valence-electron chi connectivity index (χ0n) is 12.3. The van der Waals surface area contributed by atoms with E-state index in [1.54, 1.807) is 0 Å². The van der Waals surface area contributed by atoms with Gasteiger partial charge in [-0.2, -0.15) is 5.26 Å². The van der Waals surface area contributed by atoms with Crippen LogP contribution in [0.25, 0.3) is 0 Å². The normalized spacial score (nSPS) is 21.1. The van der Waals surface area contributed by atoms with E-state index in [1.165, 1.54) is 11.3 Å². The first-order valence-electron chi connectivity index (χ1n) is 6.99. The Morgan fingerprint density at radius 1 is 1.47 bits per heavy atom. The number of rotatable bonds is 4. The minimum absolute atomic E-state index is 0.304. The lowest BCUT2D eigenvalue weighted by atomic mass is 10.0. The number of nitrogens with zero attached hydrogens (tertiary/aromatic N) is 2. The molecule has 0 saturated heterocycles. The molecule has 0 fully saturated rings. The van der Waals surface area contributed by atoms with Gasteiger partial charge in [-0.15, -0.1) is 0 Å². The van der Waals surface area contributed by atoms with Crippen molar-refractivity contribution in [3.8, 4) is 6.07 Å². The van der Waals surface area contributed by atoms with Crippen molar-refractivity contribution in [1.82, 2.24) is 5.32 Å². The van der Waals surface area contributed by atoms with Gasteiger partial charge in [0.05, 0.1) is 6.07 Å². The van der Waals surface area contributed by atoms with Crippen LogP contribution in [0.3, 0.4) is 0 Å². The van der Waals surface area contributed by atoms with Crippen LogP contribution in [-0.4, -0.2) is 24.2 Å². The number of hydrogen-bond donors (Lipinski definition) is 1. The summed E-state index contributed by atoms with van der Waals surface area (Å²) >= 11 is 0. The highest BCUT2D eigenvalue weighted by Gasteiger charge is 2.33. The number of anilines is 1. The highest BCUT2D eigenvalue weighted by molar-refractivity contribution is 5.59. The molecule has 2 atom stereocenters. The molecule has 1 aromatic rings. The molecule has 102 valence electrons. The van der Waals surface area contributed by atoms with E-state index in [0.29, 0.717) is 12.1 Å². The van der Waals surface area contributed by atoms with E-state index < -0.39 is 5.54 Å². The smallest absolute Gasteiger partial charge is 0.121 e. The van der Waals surface area contributed by atoms with Crippen molar-refractivity contribution in [2.45, 2.75) is 51.7 Å². The van der Waals surface area contributed by atoms with Crippen molar-refractivity contribution in [2.75, 3.05) is 11.4 Å². The van der Waals surface area contributed by atoms with E-state index in [2.05, 4.69) is 61.3 Å². The first-order valence-corrected chi connectivity index (χ1v) is 6.99. The van der Waals surface area contributed by atoms with Gasteiger partial charge in [-0.25, -0.2) is 0 Å². The molecule has 3 heteroatoms. The Hall–Kier alpha value is -1.53. The molecule has 1 aliphatic heterocycles. The lowest BCUT2D eigenvalue weighted by Crippen LogP contribution is -2.54. The van der Waals surface area contributed by atoms with Crippen LogP contribution in [0.15, 0.2) is 24.3 Å². The topological polar surface area (TPSA) is 39.1 Å². The summed E-state index contributed by atoms with van der Waals surface area (Å²) in [7, 11) is 0. The van der Waals surface area contributed by atoms with Gasteiger partial charge in [-0.1, -0.05) is 18.2 Å². The summed E-state index contributed by atoms with van der Waals surface area (Å²) in [6, 6.07) is 11.7. The lowest BCUT2D eigenvalue weighted by Gasteiger charge is -2.34. The maximum atomic E-state index is 9.49. The molecule has 0 amide bonds. The van der Waals surface area contributed by atoms with Crippen LogP contribution in [0.4, 0.5) is 5.69 Å². The molecule has 2 rings (SSSR count). The van der Waals surface area contributed by atoms with E-state index >= 15 is 0 Å². The monoisotopic (exact) mass is 257 g/mol. The van der Waals surface area contributed by atoms with Crippen molar-refractivity contribution < 1.29 is 0 Å². The minimum Gasteiger partial charge on any atom is -0.365 e. The van der Waals surface area contributed by atoms with Gasteiger partial charge in [0.25, 0.3) is 0 Å². The molecule has 0 radical (unpaired) electrons. The molecule has 2 unspecified atom stereocenters. The molecule has 0 aromatic heterocycles. The number of nitrogens with one attached hydrogen (secondary N) is 1. The third-order valence-corrected chi connectivity index (χ3v) is 3.69. The summed E-state index contributed by atoms with van der Waals surface area (Å²) in [5, 5.41) is 12.9. The summed E-state index contributed by atoms with van der Waals surface area (Å²) in [5.41, 5.74) is 2.15. The van der Waals surface area contributed by atoms with E-state index in [4.69, 9.17) is 0 Å².